The minimum atomic E-state index is -3.48. The molecule has 0 saturated carbocycles. The van der Waals surface area contributed by atoms with Crippen LogP contribution in [0.3, 0.4) is 0 Å². The molecule has 1 fully saturated rings. The van der Waals surface area contributed by atoms with E-state index in [1.54, 1.807) is 12.1 Å². The third-order valence-electron chi connectivity index (χ3n) is 3.06. The number of hydrogen-bond acceptors (Lipinski definition) is 4. The topological polar surface area (TPSA) is 76.3 Å². The molecule has 0 amide bonds. The zero-order valence-corrected chi connectivity index (χ0v) is 10.4. The van der Waals surface area contributed by atoms with E-state index in [1.165, 1.54) is 16.6 Å². The normalized spacial score (nSPS) is 22.5. The third kappa shape index (κ3) is 2.48. The summed E-state index contributed by atoms with van der Waals surface area (Å²) in [5.74, 6) is 0. The molecule has 0 radical (unpaired) electrons. The highest BCUT2D eigenvalue weighted by Crippen LogP contribution is 2.23. The van der Waals surface area contributed by atoms with Crippen molar-refractivity contribution in [1.29, 1.82) is 0 Å². The van der Waals surface area contributed by atoms with Crippen LogP contribution in [0.25, 0.3) is 0 Å². The van der Waals surface area contributed by atoms with Crippen LogP contribution in [-0.2, 0) is 10.0 Å². The summed E-state index contributed by atoms with van der Waals surface area (Å²) in [5, 5.41) is 0.111. The lowest BCUT2D eigenvalue weighted by molar-refractivity contribution is 0.257. The van der Waals surface area contributed by atoms with E-state index in [2.05, 4.69) is 4.98 Å². The lowest BCUT2D eigenvalue weighted by Gasteiger charge is -2.33. The van der Waals surface area contributed by atoms with E-state index in [9.17, 15) is 8.42 Å². The molecule has 1 aliphatic heterocycles. The summed E-state index contributed by atoms with van der Waals surface area (Å²) in [7, 11) is -3.48. The lowest BCUT2D eigenvalue weighted by Crippen LogP contribution is -2.47. The molecule has 0 bridgehead atoms. The van der Waals surface area contributed by atoms with Crippen molar-refractivity contribution in [2.75, 3.05) is 13.1 Å². The standard InChI is InChI=1S/C11H17N3O2S/c12-9-10-5-2-4-8-14(10)17(15,16)11-6-1-3-7-13-11/h1,3,6-7,10H,2,4-5,8-9,12H2. The average Bonchev–Trinajstić information content (AvgIpc) is 2.39. The SMILES string of the molecule is NCC1CCCCN1S(=O)(=O)c1ccccn1. The Morgan fingerprint density at radius 3 is 2.88 bits per heavy atom. The van der Waals surface area contributed by atoms with Crippen molar-refractivity contribution in [1.82, 2.24) is 9.29 Å². The van der Waals surface area contributed by atoms with Gasteiger partial charge in [0.25, 0.3) is 10.0 Å². The maximum atomic E-state index is 12.4. The first-order chi connectivity index (χ1) is 8.16. The molecule has 2 heterocycles. The molecule has 1 aliphatic rings. The van der Waals surface area contributed by atoms with E-state index in [0.29, 0.717) is 13.1 Å². The van der Waals surface area contributed by atoms with Crippen molar-refractivity contribution < 1.29 is 8.42 Å². The number of pyridine rings is 1. The fourth-order valence-electron chi connectivity index (χ4n) is 2.15. The van der Waals surface area contributed by atoms with Crippen LogP contribution in [0.5, 0.6) is 0 Å². The molecule has 5 nitrogen and oxygen atoms in total. The second-order valence-corrected chi connectivity index (χ2v) is 6.01. The fraction of sp³-hybridized carbons (Fsp3) is 0.545. The van der Waals surface area contributed by atoms with Crippen LogP contribution in [0.2, 0.25) is 0 Å². The predicted octanol–water partition coefficient (Wildman–Crippen LogP) is 0.583. The quantitative estimate of drug-likeness (QED) is 0.857. The van der Waals surface area contributed by atoms with Crippen molar-refractivity contribution in [3.8, 4) is 0 Å². The van der Waals surface area contributed by atoms with E-state index in [4.69, 9.17) is 5.73 Å². The van der Waals surface area contributed by atoms with E-state index in [1.807, 2.05) is 0 Å². The monoisotopic (exact) mass is 255 g/mol. The van der Waals surface area contributed by atoms with E-state index < -0.39 is 10.0 Å². The Bertz CT molecular complexity index is 461. The van der Waals surface area contributed by atoms with Gasteiger partial charge in [-0.2, -0.15) is 4.31 Å². The summed E-state index contributed by atoms with van der Waals surface area (Å²) >= 11 is 0. The Morgan fingerprint density at radius 2 is 2.24 bits per heavy atom. The van der Waals surface area contributed by atoms with Gasteiger partial charge in [0, 0.05) is 25.3 Å². The minimum Gasteiger partial charge on any atom is -0.329 e. The van der Waals surface area contributed by atoms with Crippen molar-refractivity contribution in [2.24, 2.45) is 5.73 Å². The van der Waals surface area contributed by atoms with E-state index in [0.717, 1.165) is 19.3 Å². The zero-order chi connectivity index (χ0) is 12.3. The molecular weight excluding hydrogens is 238 g/mol. The van der Waals surface area contributed by atoms with Crippen LogP contribution in [0.1, 0.15) is 19.3 Å². The van der Waals surface area contributed by atoms with Crippen LogP contribution < -0.4 is 5.73 Å². The molecule has 0 aliphatic carbocycles. The van der Waals surface area contributed by atoms with Crippen LogP contribution in [-0.4, -0.2) is 36.8 Å². The van der Waals surface area contributed by atoms with Crippen molar-refractivity contribution in [2.45, 2.75) is 30.3 Å². The Hall–Kier alpha value is -0.980. The molecule has 1 saturated heterocycles. The van der Waals surface area contributed by atoms with Crippen molar-refractivity contribution in [3.05, 3.63) is 24.4 Å². The lowest BCUT2D eigenvalue weighted by atomic mass is 10.1. The van der Waals surface area contributed by atoms with Gasteiger partial charge in [0.05, 0.1) is 0 Å². The van der Waals surface area contributed by atoms with Crippen LogP contribution >= 0.6 is 0 Å². The number of nitrogens with zero attached hydrogens (tertiary/aromatic N) is 2. The summed E-state index contributed by atoms with van der Waals surface area (Å²) in [5.41, 5.74) is 5.64. The molecule has 94 valence electrons. The summed E-state index contributed by atoms with van der Waals surface area (Å²) in [6.45, 7) is 0.910. The van der Waals surface area contributed by atoms with Gasteiger partial charge >= 0.3 is 0 Å². The molecule has 2 rings (SSSR count). The maximum absolute atomic E-state index is 12.4. The predicted molar refractivity (Wildman–Crippen MR) is 64.8 cm³/mol. The number of nitrogens with two attached hydrogens (primary N) is 1. The zero-order valence-electron chi connectivity index (χ0n) is 9.62. The van der Waals surface area contributed by atoms with Gasteiger partial charge in [0.15, 0.2) is 5.03 Å². The van der Waals surface area contributed by atoms with Crippen LogP contribution in [0.15, 0.2) is 29.4 Å². The van der Waals surface area contributed by atoms with Gasteiger partial charge in [-0.1, -0.05) is 12.5 Å². The summed E-state index contributed by atoms with van der Waals surface area (Å²) < 4.78 is 26.2. The number of rotatable bonds is 3. The first-order valence-corrected chi connectivity index (χ1v) is 7.23. The van der Waals surface area contributed by atoms with Gasteiger partial charge in [0.2, 0.25) is 0 Å². The molecule has 6 heteroatoms. The largest absolute Gasteiger partial charge is 0.329 e. The molecule has 1 atom stereocenters. The maximum Gasteiger partial charge on any atom is 0.260 e. The number of piperidine rings is 1. The van der Waals surface area contributed by atoms with Gasteiger partial charge in [-0.25, -0.2) is 13.4 Å². The second-order valence-electron chi connectivity index (χ2n) is 4.17. The van der Waals surface area contributed by atoms with Gasteiger partial charge in [-0.05, 0) is 25.0 Å². The molecule has 17 heavy (non-hydrogen) atoms. The van der Waals surface area contributed by atoms with Crippen LogP contribution in [0.4, 0.5) is 0 Å². The first-order valence-electron chi connectivity index (χ1n) is 5.79. The Kier molecular flexibility index (Phi) is 3.76. The van der Waals surface area contributed by atoms with Crippen molar-refractivity contribution in [3.63, 3.8) is 0 Å². The third-order valence-corrected chi connectivity index (χ3v) is 4.92. The molecule has 1 aromatic heterocycles. The second kappa shape index (κ2) is 5.12. The van der Waals surface area contributed by atoms with Gasteiger partial charge in [-0.3, -0.25) is 0 Å². The smallest absolute Gasteiger partial charge is 0.260 e. The van der Waals surface area contributed by atoms with Gasteiger partial charge < -0.3 is 5.73 Å². The average molecular weight is 255 g/mol. The van der Waals surface area contributed by atoms with E-state index in [-0.39, 0.29) is 11.1 Å². The highest BCUT2D eigenvalue weighted by atomic mass is 32.2. The Balaban J connectivity index is 2.31. The summed E-state index contributed by atoms with van der Waals surface area (Å²) in [6.07, 6.45) is 4.26. The highest BCUT2D eigenvalue weighted by molar-refractivity contribution is 7.89. The number of hydrogen-bond donors (Lipinski definition) is 1. The first kappa shape index (κ1) is 12.5. The Morgan fingerprint density at radius 1 is 1.41 bits per heavy atom. The fourth-order valence-corrected chi connectivity index (χ4v) is 3.78. The summed E-state index contributed by atoms with van der Waals surface area (Å²) in [4.78, 5) is 3.92. The van der Waals surface area contributed by atoms with Gasteiger partial charge in [0.1, 0.15) is 0 Å². The summed E-state index contributed by atoms with van der Waals surface area (Å²) in [6, 6.07) is 4.82. The molecule has 2 N–H and O–H groups in total. The number of sulfonamides is 1. The molecule has 0 spiro atoms. The molecular formula is C11H17N3O2S. The highest BCUT2D eigenvalue weighted by Gasteiger charge is 2.33. The van der Waals surface area contributed by atoms with E-state index >= 15 is 0 Å². The molecule has 1 unspecified atom stereocenters. The number of aromatic nitrogens is 1. The molecule has 0 aromatic carbocycles. The molecule has 1 aromatic rings. The van der Waals surface area contributed by atoms with Crippen LogP contribution in [0, 0.1) is 0 Å². The van der Waals surface area contributed by atoms with Gasteiger partial charge in [-0.15, -0.1) is 0 Å². The minimum absolute atomic E-state index is 0.0873. The van der Waals surface area contributed by atoms with Crippen molar-refractivity contribution >= 4 is 10.0 Å². The Labute approximate surface area is 102 Å².